The molecular weight excluding hydrogens is 368 g/mol. The number of nitrogens with one attached hydrogen (secondary N) is 2. The zero-order chi connectivity index (χ0) is 20.1. The first-order chi connectivity index (χ1) is 14.2. The van der Waals surface area contributed by atoms with Crippen molar-refractivity contribution in [2.24, 2.45) is 0 Å². The SMILES string of the molecule is O=C(C[NH+]1CCN(c2ccccc2O)CC1)Nc1ccc(N2CCOCC2)cc1. The molecule has 7 heteroatoms. The summed E-state index contributed by atoms with van der Waals surface area (Å²) in [5.41, 5.74) is 2.87. The summed E-state index contributed by atoms with van der Waals surface area (Å²) >= 11 is 0. The van der Waals surface area contributed by atoms with Gasteiger partial charge in [0.2, 0.25) is 0 Å². The van der Waals surface area contributed by atoms with Gasteiger partial charge in [-0.05, 0) is 36.4 Å². The van der Waals surface area contributed by atoms with Gasteiger partial charge in [0, 0.05) is 24.5 Å². The standard InChI is InChI=1S/C22H28N4O3/c27-21-4-2-1-3-20(21)26-11-9-24(10-12-26)17-22(28)23-18-5-7-19(8-6-18)25-13-15-29-16-14-25/h1-8,27H,9-17H2,(H,23,28)/p+1. The summed E-state index contributed by atoms with van der Waals surface area (Å²) in [5.74, 6) is 0.351. The fraction of sp³-hybridized carbons (Fsp3) is 0.409. The van der Waals surface area contributed by atoms with Crippen molar-refractivity contribution in [3.8, 4) is 5.75 Å². The number of hydrogen-bond donors (Lipinski definition) is 3. The van der Waals surface area contributed by atoms with Crippen molar-refractivity contribution in [2.75, 3.05) is 74.1 Å². The zero-order valence-electron chi connectivity index (χ0n) is 16.6. The minimum atomic E-state index is 0.0372. The number of quaternary nitrogens is 1. The van der Waals surface area contributed by atoms with E-state index in [0.29, 0.717) is 12.3 Å². The van der Waals surface area contributed by atoms with E-state index in [1.54, 1.807) is 6.07 Å². The third kappa shape index (κ3) is 4.99. The van der Waals surface area contributed by atoms with Crippen LogP contribution in [0.2, 0.25) is 0 Å². The van der Waals surface area contributed by atoms with E-state index in [4.69, 9.17) is 4.74 Å². The van der Waals surface area contributed by atoms with Gasteiger partial charge < -0.3 is 29.9 Å². The molecular formula is C22H29N4O3+. The maximum absolute atomic E-state index is 12.5. The molecule has 1 amide bonds. The predicted octanol–water partition coefficient (Wildman–Crippen LogP) is 0.572. The molecule has 29 heavy (non-hydrogen) atoms. The first kappa shape index (κ1) is 19.5. The molecule has 0 atom stereocenters. The van der Waals surface area contributed by atoms with E-state index in [2.05, 4.69) is 27.2 Å². The number of phenols is 1. The van der Waals surface area contributed by atoms with E-state index < -0.39 is 0 Å². The van der Waals surface area contributed by atoms with Crippen molar-refractivity contribution < 1.29 is 19.5 Å². The van der Waals surface area contributed by atoms with Crippen LogP contribution in [0, 0.1) is 0 Å². The minimum Gasteiger partial charge on any atom is -0.506 e. The third-order valence-corrected chi connectivity index (χ3v) is 5.63. The number of phenolic OH excluding ortho intramolecular Hbond substituents is 1. The van der Waals surface area contributed by atoms with E-state index >= 15 is 0 Å². The van der Waals surface area contributed by atoms with E-state index in [1.807, 2.05) is 30.3 Å². The molecule has 2 aromatic carbocycles. The largest absolute Gasteiger partial charge is 0.506 e. The second-order valence-corrected chi connectivity index (χ2v) is 7.60. The number of aromatic hydroxyl groups is 1. The van der Waals surface area contributed by atoms with Crippen LogP contribution in [0.25, 0.3) is 0 Å². The smallest absolute Gasteiger partial charge is 0.279 e. The molecule has 2 fully saturated rings. The Hall–Kier alpha value is -2.77. The zero-order valence-corrected chi connectivity index (χ0v) is 16.6. The topological polar surface area (TPSA) is 69.5 Å². The lowest BCUT2D eigenvalue weighted by Gasteiger charge is -2.33. The second-order valence-electron chi connectivity index (χ2n) is 7.60. The molecule has 0 spiro atoms. The molecule has 2 heterocycles. The summed E-state index contributed by atoms with van der Waals surface area (Å²) < 4.78 is 5.39. The van der Waals surface area contributed by atoms with Crippen molar-refractivity contribution in [1.29, 1.82) is 0 Å². The maximum Gasteiger partial charge on any atom is 0.279 e. The van der Waals surface area contributed by atoms with E-state index in [-0.39, 0.29) is 5.91 Å². The van der Waals surface area contributed by atoms with Crippen LogP contribution in [0.1, 0.15) is 0 Å². The highest BCUT2D eigenvalue weighted by Gasteiger charge is 2.23. The fourth-order valence-corrected chi connectivity index (χ4v) is 3.98. The van der Waals surface area contributed by atoms with Crippen LogP contribution in [0.4, 0.5) is 17.1 Å². The van der Waals surface area contributed by atoms with Crippen LogP contribution in [0.15, 0.2) is 48.5 Å². The highest BCUT2D eigenvalue weighted by molar-refractivity contribution is 5.91. The summed E-state index contributed by atoms with van der Waals surface area (Å²) in [5, 5.41) is 13.0. The lowest BCUT2D eigenvalue weighted by Crippen LogP contribution is -3.15. The van der Waals surface area contributed by atoms with Crippen LogP contribution >= 0.6 is 0 Å². The molecule has 0 bridgehead atoms. The van der Waals surface area contributed by atoms with Gasteiger partial charge in [-0.3, -0.25) is 4.79 Å². The van der Waals surface area contributed by atoms with Gasteiger partial charge in [0.05, 0.1) is 45.1 Å². The van der Waals surface area contributed by atoms with Gasteiger partial charge in [-0.1, -0.05) is 12.1 Å². The molecule has 0 saturated carbocycles. The maximum atomic E-state index is 12.5. The van der Waals surface area contributed by atoms with Crippen molar-refractivity contribution in [3.63, 3.8) is 0 Å². The van der Waals surface area contributed by atoms with Crippen LogP contribution in [-0.2, 0) is 9.53 Å². The fourth-order valence-electron chi connectivity index (χ4n) is 3.98. The molecule has 7 nitrogen and oxygen atoms in total. The average molecular weight is 397 g/mol. The van der Waals surface area contributed by atoms with E-state index in [1.165, 1.54) is 4.90 Å². The lowest BCUT2D eigenvalue weighted by molar-refractivity contribution is -0.892. The summed E-state index contributed by atoms with van der Waals surface area (Å²) in [6, 6.07) is 15.5. The molecule has 2 aliphatic rings. The molecule has 0 aliphatic carbocycles. The number of anilines is 3. The van der Waals surface area contributed by atoms with Crippen molar-refractivity contribution in [2.45, 2.75) is 0 Å². The highest BCUT2D eigenvalue weighted by Crippen LogP contribution is 2.26. The Morgan fingerprint density at radius 1 is 0.966 bits per heavy atom. The molecule has 0 radical (unpaired) electrons. The van der Waals surface area contributed by atoms with Crippen LogP contribution in [0.5, 0.6) is 5.75 Å². The number of hydrogen-bond acceptors (Lipinski definition) is 5. The van der Waals surface area contributed by atoms with Crippen molar-refractivity contribution >= 4 is 23.0 Å². The summed E-state index contributed by atoms with van der Waals surface area (Å²) in [4.78, 5) is 18.2. The first-order valence-electron chi connectivity index (χ1n) is 10.3. The number of carbonyl (C=O) groups excluding carboxylic acids is 1. The van der Waals surface area contributed by atoms with Crippen molar-refractivity contribution in [1.82, 2.24) is 0 Å². The molecule has 0 aromatic heterocycles. The van der Waals surface area contributed by atoms with Crippen LogP contribution < -0.4 is 20.0 Å². The Bertz CT molecular complexity index is 813. The molecule has 2 aromatic rings. The monoisotopic (exact) mass is 397 g/mol. The van der Waals surface area contributed by atoms with Gasteiger partial charge in [0.25, 0.3) is 5.91 Å². The number of morpholine rings is 1. The molecule has 154 valence electrons. The third-order valence-electron chi connectivity index (χ3n) is 5.63. The predicted molar refractivity (Wildman–Crippen MR) is 114 cm³/mol. The van der Waals surface area contributed by atoms with Crippen LogP contribution in [-0.4, -0.2) is 70.0 Å². The van der Waals surface area contributed by atoms with Gasteiger partial charge in [-0.15, -0.1) is 0 Å². The Morgan fingerprint density at radius 3 is 2.34 bits per heavy atom. The molecule has 3 N–H and O–H groups in total. The van der Waals surface area contributed by atoms with Gasteiger partial charge in [-0.25, -0.2) is 0 Å². The van der Waals surface area contributed by atoms with Gasteiger partial charge >= 0.3 is 0 Å². The van der Waals surface area contributed by atoms with E-state index in [0.717, 1.165) is 69.5 Å². The molecule has 2 saturated heterocycles. The summed E-state index contributed by atoms with van der Waals surface area (Å²) in [6.07, 6.45) is 0. The van der Waals surface area contributed by atoms with Gasteiger partial charge in [0.15, 0.2) is 6.54 Å². The van der Waals surface area contributed by atoms with Gasteiger partial charge in [-0.2, -0.15) is 0 Å². The first-order valence-corrected chi connectivity index (χ1v) is 10.3. The normalized spacial score (nSPS) is 17.9. The molecule has 4 rings (SSSR count). The van der Waals surface area contributed by atoms with E-state index in [9.17, 15) is 9.90 Å². The Kier molecular flexibility index (Phi) is 6.17. The molecule has 2 aliphatic heterocycles. The van der Waals surface area contributed by atoms with Gasteiger partial charge in [0.1, 0.15) is 5.75 Å². The number of nitrogens with zero attached hydrogens (tertiary/aromatic N) is 2. The minimum absolute atomic E-state index is 0.0372. The number of ether oxygens (including phenoxy) is 1. The number of para-hydroxylation sites is 2. The summed E-state index contributed by atoms with van der Waals surface area (Å²) in [7, 11) is 0. The Balaban J connectivity index is 1.24. The summed E-state index contributed by atoms with van der Waals surface area (Å²) in [6.45, 7) is 7.19. The number of benzene rings is 2. The second kappa shape index (κ2) is 9.15. The number of carbonyl (C=O) groups is 1. The number of piperazine rings is 1. The number of amides is 1. The quantitative estimate of drug-likeness (QED) is 0.688. The van der Waals surface area contributed by atoms with Crippen LogP contribution in [0.3, 0.4) is 0 Å². The Morgan fingerprint density at radius 2 is 1.66 bits per heavy atom. The van der Waals surface area contributed by atoms with Crippen molar-refractivity contribution in [3.05, 3.63) is 48.5 Å². The highest BCUT2D eigenvalue weighted by atomic mass is 16.5. The number of rotatable bonds is 5. The molecule has 0 unspecified atom stereocenters. The Labute approximate surface area is 171 Å². The lowest BCUT2D eigenvalue weighted by atomic mass is 10.2. The average Bonchev–Trinajstić information content (AvgIpc) is 2.76.